The number of benzene rings is 2. The van der Waals surface area contributed by atoms with Gasteiger partial charge in [-0.25, -0.2) is 4.98 Å². The summed E-state index contributed by atoms with van der Waals surface area (Å²) in [6, 6.07) is 18.2. The molecule has 0 aliphatic carbocycles. The Labute approximate surface area is 164 Å². The monoisotopic (exact) mass is 371 g/mol. The Balaban J connectivity index is 1.35. The number of aromatic nitrogens is 2. The number of fused-ring (bicyclic) bond motifs is 2. The summed E-state index contributed by atoms with van der Waals surface area (Å²) < 4.78 is 5.90. The number of rotatable bonds is 2. The van der Waals surface area contributed by atoms with Gasteiger partial charge in [-0.2, -0.15) is 0 Å². The molecule has 0 saturated carbocycles. The highest BCUT2D eigenvalue weighted by atomic mass is 16.6. The fourth-order valence-electron chi connectivity index (χ4n) is 4.29. The molecule has 0 atom stereocenters. The maximum absolute atomic E-state index is 12.2. The third kappa shape index (κ3) is 2.93. The van der Waals surface area contributed by atoms with E-state index < -0.39 is 5.60 Å². The van der Waals surface area contributed by atoms with Crippen molar-refractivity contribution in [1.29, 1.82) is 0 Å². The topological polar surface area (TPSA) is 55.3 Å². The van der Waals surface area contributed by atoms with Crippen LogP contribution in [0.2, 0.25) is 0 Å². The highest BCUT2D eigenvalue weighted by Crippen LogP contribution is 2.42. The van der Waals surface area contributed by atoms with E-state index in [4.69, 9.17) is 4.74 Å². The van der Waals surface area contributed by atoms with Crippen LogP contribution in [0.1, 0.15) is 24.0 Å². The average Bonchev–Trinajstić information content (AvgIpc) is 2.75. The summed E-state index contributed by atoms with van der Waals surface area (Å²) in [7, 11) is 0. The van der Waals surface area contributed by atoms with Crippen molar-refractivity contribution >= 4 is 11.8 Å². The summed E-state index contributed by atoms with van der Waals surface area (Å²) in [5.74, 6) is 0.740. The number of nitrogens with zero attached hydrogens (tertiary/aromatic N) is 3. The molecule has 140 valence electrons. The van der Waals surface area contributed by atoms with Gasteiger partial charge in [-0.3, -0.25) is 9.78 Å². The predicted octanol–water partition coefficient (Wildman–Crippen LogP) is 3.74. The van der Waals surface area contributed by atoms with Crippen molar-refractivity contribution in [3.8, 4) is 11.3 Å². The molecule has 2 aliphatic rings. The first kappa shape index (κ1) is 16.9. The van der Waals surface area contributed by atoms with Gasteiger partial charge in [0, 0.05) is 31.5 Å². The van der Waals surface area contributed by atoms with Gasteiger partial charge in [0.2, 0.25) is 0 Å². The Bertz CT molecular complexity index is 994. The lowest BCUT2D eigenvalue weighted by Crippen LogP contribution is -2.48. The van der Waals surface area contributed by atoms with Crippen LogP contribution in [0.15, 0.2) is 67.0 Å². The summed E-state index contributed by atoms with van der Waals surface area (Å²) in [5, 5.41) is 0. The normalized spacial score (nSPS) is 17.9. The molecule has 0 N–H and O–H groups in total. The van der Waals surface area contributed by atoms with E-state index in [0.29, 0.717) is 6.42 Å². The number of carbonyl (C=O) groups is 1. The van der Waals surface area contributed by atoms with Crippen LogP contribution >= 0.6 is 0 Å². The smallest absolute Gasteiger partial charge is 0.311 e. The van der Waals surface area contributed by atoms with Gasteiger partial charge < -0.3 is 9.64 Å². The van der Waals surface area contributed by atoms with Gasteiger partial charge in [-0.1, -0.05) is 54.6 Å². The minimum atomic E-state index is -0.500. The number of anilines is 1. The zero-order chi connectivity index (χ0) is 19.0. The van der Waals surface area contributed by atoms with Crippen LogP contribution in [0.3, 0.4) is 0 Å². The molecule has 0 amide bonds. The minimum Gasteiger partial charge on any atom is -0.454 e. The number of carbonyl (C=O) groups excluding carboxylic acids is 1. The Kier molecular flexibility index (Phi) is 4.08. The molecule has 3 heterocycles. The van der Waals surface area contributed by atoms with Crippen molar-refractivity contribution in [2.75, 3.05) is 18.0 Å². The summed E-state index contributed by atoms with van der Waals surface area (Å²) >= 11 is 0. The van der Waals surface area contributed by atoms with E-state index in [2.05, 4.69) is 20.9 Å². The van der Waals surface area contributed by atoms with Crippen LogP contribution in [0.25, 0.3) is 11.3 Å². The molecule has 0 bridgehead atoms. The Hall–Kier alpha value is -3.21. The lowest BCUT2D eigenvalue weighted by atomic mass is 9.79. The largest absolute Gasteiger partial charge is 0.454 e. The summed E-state index contributed by atoms with van der Waals surface area (Å²) in [6.45, 7) is 1.56. The van der Waals surface area contributed by atoms with E-state index >= 15 is 0 Å². The second-order valence-corrected chi connectivity index (χ2v) is 7.42. The molecule has 0 unspecified atom stereocenters. The number of ether oxygens (including phenoxy) is 1. The van der Waals surface area contributed by atoms with Gasteiger partial charge in [-0.15, -0.1) is 0 Å². The van der Waals surface area contributed by atoms with Crippen LogP contribution < -0.4 is 4.90 Å². The molecule has 0 radical (unpaired) electrons. The first-order valence-corrected chi connectivity index (χ1v) is 9.66. The van der Waals surface area contributed by atoms with Gasteiger partial charge in [0.05, 0.1) is 24.5 Å². The van der Waals surface area contributed by atoms with E-state index in [9.17, 15) is 4.79 Å². The van der Waals surface area contributed by atoms with Crippen LogP contribution in [-0.2, 0) is 21.6 Å². The van der Waals surface area contributed by atoms with E-state index in [1.165, 1.54) is 5.56 Å². The molecule has 5 heteroatoms. The number of piperidine rings is 1. The van der Waals surface area contributed by atoms with Crippen molar-refractivity contribution in [3.05, 3.63) is 78.1 Å². The zero-order valence-electron chi connectivity index (χ0n) is 15.5. The molecule has 1 spiro atoms. The molecule has 3 aromatic rings. The SMILES string of the molecule is O=C1Cc2ccccc2C2(CCN(c3cnc(-c4ccccc4)cn3)CC2)O1. The van der Waals surface area contributed by atoms with Crippen LogP contribution in [0, 0.1) is 0 Å². The maximum Gasteiger partial charge on any atom is 0.311 e. The van der Waals surface area contributed by atoms with Crippen LogP contribution in [0.5, 0.6) is 0 Å². The lowest BCUT2D eigenvalue weighted by Gasteiger charge is -2.44. The van der Waals surface area contributed by atoms with Gasteiger partial charge in [-0.05, 0) is 11.1 Å². The van der Waals surface area contributed by atoms with Gasteiger partial charge in [0.25, 0.3) is 0 Å². The summed E-state index contributed by atoms with van der Waals surface area (Å²) in [4.78, 5) is 23.6. The molecule has 2 aliphatic heterocycles. The van der Waals surface area contributed by atoms with Gasteiger partial charge in [0.15, 0.2) is 0 Å². The van der Waals surface area contributed by atoms with E-state index in [-0.39, 0.29) is 5.97 Å². The van der Waals surface area contributed by atoms with Crippen LogP contribution in [0.4, 0.5) is 5.82 Å². The second kappa shape index (κ2) is 6.75. The van der Waals surface area contributed by atoms with E-state index in [0.717, 1.165) is 48.6 Å². The van der Waals surface area contributed by atoms with Crippen molar-refractivity contribution in [2.24, 2.45) is 0 Å². The van der Waals surface area contributed by atoms with Gasteiger partial charge >= 0.3 is 5.97 Å². The molecular weight excluding hydrogens is 350 g/mol. The minimum absolute atomic E-state index is 0.126. The highest BCUT2D eigenvalue weighted by molar-refractivity contribution is 5.76. The summed E-state index contributed by atoms with van der Waals surface area (Å²) in [5.41, 5.74) is 3.69. The second-order valence-electron chi connectivity index (χ2n) is 7.42. The third-order valence-electron chi connectivity index (χ3n) is 5.76. The molecule has 1 fully saturated rings. The maximum atomic E-state index is 12.2. The van der Waals surface area contributed by atoms with Crippen molar-refractivity contribution in [3.63, 3.8) is 0 Å². The molecular formula is C23H21N3O2. The zero-order valence-corrected chi connectivity index (χ0v) is 15.5. The quantitative estimate of drug-likeness (QED) is 0.643. The summed E-state index contributed by atoms with van der Waals surface area (Å²) in [6.07, 6.45) is 5.55. The molecule has 5 rings (SSSR count). The molecule has 5 nitrogen and oxygen atoms in total. The molecule has 2 aromatic carbocycles. The van der Waals surface area contributed by atoms with Crippen molar-refractivity contribution < 1.29 is 9.53 Å². The highest BCUT2D eigenvalue weighted by Gasteiger charge is 2.44. The number of hydrogen-bond donors (Lipinski definition) is 0. The van der Waals surface area contributed by atoms with E-state index in [1.54, 1.807) is 0 Å². The van der Waals surface area contributed by atoms with Crippen molar-refractivity contribution in [2.45, 2.75) is 24.9 Å². The van der Waals surface area contributed by atoms with Gasteiger partial charge in [0.1, 0.15) is 11.4 Å². The molecule has 1 saturated heterocycles. The van der Waals surface area contributed by atoms with Crippen molar-refractivity contribution in [1.82, 2.24) is 9.97 Å². The Morgan fingerprint density at radius 2 is 1.64 bits per heavy atom. The van der Waals surface area contributed by atoms with Crippen LogP contribution in [-0.4, -0.2) is 29.0 Å². The number of esters is 1. The standard InChI is InChI=1S/C23H21N3O2/c27-22-14-18-8-4-5-9-19(18)23(28-22)10-12-26(13-11-23)21-16-24-20(15-25-21)17-6-2-1-3-7-17/h1-9,15-16H,10-14H2. The van der Waals surface area contributed by atoms with E-state index in [1.807, 2.05) is 60.9 Å². The molecule has 28 heavy (non-hydrogen) atoms. The Morgan fingerprint density at radius 1 is 0.893 bits per heavy atom. The number of hydrogen-bond acceptors (Lipinski definition) is 5. The average molecular weight is 371 g/mol. The third-order valence-corrected chi connectivity index (χ3v) is 5.76. The molecule has 1 aromatic heterocycles. The predicted molar refractivity (Wildman–Crippen MR) is 107 cm³/mol. The first-order chi connectivity index (χ1) is 13.7. The fourth-order valence-corrected chi connectivity index (χ4v) is 4.29. The lowest BCUT2D eigenvalue weighted by molar-refractivity contribution is -0.165. The fraction of sp³-hybridized carbons (Fsp3) is 0.261. The Morgan fingerprint density at radius 3 is 2.39 bits per heavy atom. The first-order valence-electron chi connectivity index (χ1n) is 9.66.